The zero-order valence-electron chi connectivity index (χ0n) is 25.3. The van der Waals surface area contributed by atoms with Crippen molar-refractivity contribution in [3.63, 3.8) is 0 Å². The van der Waals surface area contributed by atoms with Crippen molar-refractivity contribution in [2.45, 2.75) is 0 Å². The van der Waals surface area contributed by atoms with Crippen molar-refractivity contribution < 1.29 is 4.42 Å². The van der Waals surface area contributed by atoms with Crippen LogP contribution in [0.3, 0.4) is 0 Å². The molecule has 0 aliphatic heterocycles. The van der Waals surface area contributed by atoms with Gasteiger partial charge in [-0.1, -0.05) is 133 Å². The number of rotatable bonds is 5. The van der Waals surface area contributed by atoms with Crippen molar-refractivity contribution in [3.05, 3.63) is 164 Å². The Morgan fingerprint density at radius 1 is 0.340 bits per heavy atom. The fourth-order valence-electron chi connectivity index (χ4n) is 6.36. The number of fused-ring (bicyclic) bond motifs is 4. The van der Waals surface area contributed by atoms with Crippen molar-refractivity contribution in [2.75, 3.05) is 0 Å². The minimum absolute atomic E-state index is 0.612. The molecule has 220 valence electrons. The lowest BCUT2D eigenvalue weighted by atomic mass is 9.99. The molecule has 0 aliphatic carbocycles. The molecule has 0 N–H and O–H groups in total. The smallest absolute Gasteiger partial charge is 0.164 e. The number of aromatic nitrogens is 3. The minimum atomic E-state index is 0.612. The van der Waals surface area contributed by atoms with E-state index in [4.69, 9.17) is 19.4 Å². The monoisotopic (exact) mass is 601 g/mol. The third-order valence-electron chi connectivity index (χ3n) is 8.73. The van der Waals surface area contributed by atoms with E-state index < -0.39 is 0 Å². The van der Waals surface area contributed by atoms with Crippen molar-refractivity contribution in [1.29, 1.82) is 0 Å². The molecule has 7 aromatic carbocycles. The maximum Gasteiger partial charge on any atom is 0.164 e. The van der Waals surface area contributed by atoms with Crippen molar-refractivity contribution in [1.82, 2.24) is 15.0 Å². The summed E-state index contributed by atoms with van der Waals surface area (Å²) in [5.41, 5.74) is 9.04. The quantitative estimate of drug-likeness (QED) is 0.197. The van der Waals surface area contributed by atoms with Crippen LogP contribution in [0.25, 0.3) is 89.1 Å². The van der Waals surface area contributed by atoms with Crippen LogP contribution in [-0.2, 0) is 0 Å². The number of nitrogens with zero attached hydrogens (tertiary/aromatic N) is 3. The Kier molecular flexibility index (Phi) is 6.43. The highest BCUT2D eigenvalue weighted by atomic mass is 16.3. The van der Waals surface area contributed by atoms with Crippen molar-refractivity contribution in [2.24, 2.45) is 0 Å². The van der Waals surface area contributed by atoms with Crippen LogP contribution < -0.4 is 0 Å². The van der Waals surface area contributed by atoms with Crippen LogP contribution in [-0.4, -0.2) is 15.0 Å². The molecule has 0 radical (unpaired) electrons. The highest BCUT2D eigenvalue weighted by molar-refractivity contribution is 6.13. The molecule has 2 heterocycles. The summed E-state index contributed by atoms with van der Waals surface area (Å²) < 4.78 is 6.31. The molecule has 0 amide bonds. The van der Waals surface area contributed by atoms with Gasteiger partial charge in [0.1, 0.15) is 11.2 Å². The van der Waals surface area contributed by atoms with E-state index in [9.17, 15) is 0 Å². The van der Waals surface area contributed by atoms with E-state index in [0.29, 0.717) is 17.5 Å². The molecule has 0 spiro atoms. The average molecular weight is 602 g/mol. The largest absolute Gasteiger partial charge is 0.456 e. The Morgan fingerprint density at radius 3 is 1.66 bits per heavy atom. The molecule has 4 nitrogen and oxygen atoms in total. The Morgan fingerprint density at radius 2 is 0.915 bits per heavy atom. The Balaban J connectivity index is 1.17. The minimum Gasteiger partial charge on any atom is -0.456 e. The zero-order valence-corrected chi connectivity index (χ0v) is 25.3. The summed E-state index contributed by atoms with van der Waals surface area (Å²) in [5.74, 6) is 1.87. The first-order valence-corrected chi connectivity index (χ1v) is 15.7. The van der Waals surface area contributed by atoms with Crippen LogP contribution in [0, 0.1) is 0 Å². The van der Waals surface area contributed by atoms with E-state index in [0.717, 1.165) is 55.3 Å². The first-order chi connectivity index (χ1) is 23.3. The molecule has 2 aromatic heterocycles. The van der Waals surface area contributed by atoms with Gasteiger partial charge in [0.15, 0.2) is 17.5 Å². The van der Waals surface area contributed by atoms with Gasteiger partial charge in [0.25, 0.3) is 0 Å². The molecule has 4 heteroatoms. The predicted octanol–water partition coefficient (Wildman–Crippen LogP) is 11.3. The third-order valence-corrected chi connectivity index (χ3v) is 8.73. The van der Waals surface area contributed by atoms with Gasteiger partial charge in [-0.3, -0.25) is 0 Å². The van der Waals surface area contributed by atoms with Crippen LogP contribution in [0.15, 0.2) is 168 Å². The molecule has 0 atom stereocenters. The van der Waals surface area contributed by atoms with E-state index in [2.05, 4.69) is 103 Å². The summed E-state index contributed by atoms with van der Waals surface area (Å²) >= 11 is 0. The van der Waals surface area contributed by atoms with Gasteiger partial charge in [-0.2, -0.15) is 0 Å². The third kappa shape index (κ3) is 4.93. The van der Waals surface area contributed by atoms with Crippen LogP contribution >= 0.6 is 0 Å². The molecule has 0 saturated carbocycles. The zero-order chi connectivity index (χ0) is 31.2. The molecular formula is C43H27N3O. The lowest BCUT2D eigenvalue weighted by Crippen LogP contribution is -2.00. The van der Waals surface area contributed by atoms with E-state index in [1.807, 2.05) is 60.7 Å². The molecule has 0 saturated heterocycles. The molecule has 0 bridgehead atoms. The van der Waals surface area contributed by atoms with Gasteiger partial charge in [-0.05, 0) is 63.4 Å². The van der Waals surface area contributed by atoms with Gasteiger partial charge in [0.05, 0.1) is 0 Å². The van der Waals surface area contributed by atoms with Crippen LogP contribution in [0.2, 0.25) is 0 Å². The maximum atomic E-state index is 6.31. The number of benzene rings is 7. The topological polar surface area (TPSA) is 51.8 Å². The number of hydrogen-bond donors (Lipinski definition) is 0. The van der Waals surface area contributed by atoms with Gasteiger partial charge in [0.2, 0.25) is 0 Å². The molecular weight excluding hydrogens is 574 g/mol. The lowest BCUT2D eigenvalue weighted by Gasteiger charge is -2.10. The summed E-state index contributed by atoms with van der Waals surface area (Å²) in [7, 11) is 0. The second kappa shape index (κ2) is 11.2. The van der Waals surface area contributed by atoms with E-state index in [1.54, 1.807) is 0 Å². The van der Waals surface area contributed by atoms with E-state index >= 15 is 0 Å². The normalized spacial score (nSPS) is 11.4. The Bertz CT molecular complexity index is 2550. The summed E-state index contributed by atoms with van der Waals surface area (Å²) in [6.45, 7) is 0. The fourth-order valence-corrected chi connectivity index (χ4v) is 6.36. The van der Waals surface area contributed by atoms with Crippen molar-refractivity contribution in [3.8, 4) is 56.4 Å². The van der Waals surface area contributed by atoms with Crippen LogP contribution in [0.5, 0.6) is 0 Å². The SMILES string of the molecule is c1ccc(-c2nc(-c3ccc(-c4ccc5ccccc5c4)cc3)nc(-c3ccc4oc5cccc(-c6ccccc6)c5c4c3)n2)cc1. The van der Waals surface area contributed by atoms with Crippen molar-refractivity contribution >= 4 is 32.7 Å². The van der Waals surface area contributed by atoms with E-state index in [-0.39, 0.29) is 0 Å². The maximum absolute atomic E-state index is 6.31. The van der Waals surface area contributed by atoms with Gasteiger partial charge in [-0.15, -0.1) is 0 Å². The molecule has 9 rings (SSSR count). The number of furan rings is 1. The van der Waals surface area contributed by atoms with Gasteiger partial charge in [0, 0.05) is 27.5 Å². The molecule has 0 fully saturated rings. The highest BCUT2D eigenvalue weighted by Crippen LogP contribution is 2.38. The predicted molar refractivity (Wildman–Crippen MR) is 192 cm³/mol. The molecule has 47 heavy (non-hydrogen) atoms. The fraction of sp³-hybridized carbons (Fsp3) is 0. The second-order valence-electron chi connectivity index (χ2n) is 11.7. The number of hydrogen-bond acceptors (Lipinski definition) is 4. The first-order valence-electron chi connectivity index (χ1n) is 15.7. The first kappa shape index (κ1) is 27.0. The summed E-state index contributed by atoms with van der Waals surface area (Å²) in [6, 6.07) is 56.4. The average Bonchev–Trinajstić information content (AvgIpc) is 3.53. The van der Waals surface area contributed by atoms with Crippen LogP contribution in [0.4, 0.5) is 0 Å². The lowest BCUT2D eigenvalue weighted by molar-refractivity contribution is 0.669. The Hall–Kier alpha value is -6.39. The van der Waals surface area contributed by atoms with E-state index in [1.165, 1.54) is 16.3 Å². The van der Waals surface area contributed by atoms with Crippen LogP contribution in [0.1, 0.15) is 0 Å². The summed E-state index contributed by atoms with van der Waals surface area (Å²) in [5, 5.41) is 4.57. The summed E-state index contributed by atoms with van der Waals surface area (Å²) in [4.78, 5) is 15.0. The van der Waals surface area contributed by atoms with Gasteiger partial charge in [-0.25, -0.2) is 15.0 Å². The standard InChI is InChI=1S/C43H27N3O/c1-3-11-30(12-4-1)36-16-9-17-39-40(36)37-27-35(24-25-38(37)47-39)43-45-41(31-13-5-2-6-14-31)44-42(46-43)32-21-18-29(19-22-32)34-23-20-28-10-7-8-15-33(28)26-34/h1-27H. The molecule has 9 aromatic rings. The van der Waals surface area contributed by atoms with Gasteiger partial charge < -0.3 is 4.42 Å². The highest BCUT2D eigenvalue weighted by Gasteiger charge is 2.17. The molecule has 0 aliphatic rings. The summed E-state index contributed by atoms with van der Waals surface area (Å²) in [6.07, 6.45) is 0. The molecule has 0 unspecified atom stereocenters. The Labute approximate surface area is 271 Å². The van der Waals surface area contributed by atoms with Gasteiger partial charge >= 0.3 is 0 Å². The second-order valence-corrected chi connectivity index (χ2v) is 11.7.